The second-order valence-electron chi connectivity index (χ2n) is 4.16. The Morgan fingerprint density at radius 1 is 1.39 bits per heavy atom. The minimum Gasteiger partial charge on any atom is -0.497 e. The molecule has 0 N–H and O–H groups in total. The van der Waals surface area contributed by atoms with E-state index in [1.807, 2.05) is 14.1 Å². The molecule has 2 aromatic rings. The molecule has 0 atom stereocenters. The van der Waals surface area contributed by atoms with Crippen molar-refractivity contribution >= 4 is 16.8 Å². The smallest absolute Gasteiger partial charge is 0.191 e. The molecule has 0 aliphatic carbocycles. The van der Waals surface area contributed by atoms with Crippen LogP contribution in [0.3, 0.4) is 0 Å². The standard InChI is InChI=1S/C14H15NO3/c1-15(2)7-6-13(16)12-9-18-14-5-4-10(17-3)8-11(12)14/h4-9H,1-3H3. The van der Waals surface area contributed by atoms with Crippen LogP contribution in [-0.2, 0) is 0 Å². The zero-order valence-electron chi connectivity index (χ0n) is 10.6. The predicted octanol–water partition coefficient (Wildman–Crippen LogP) is 2.70. The van der Waals surface area contributed by atoms with Crippen molar-refractivity contribution in [3.63, 3.8) is 0 Å². The van der Waals surface area contributed by atoms with Crippen molar-refractivity contribution in [2.75, 3.05) is 21.2 Å². The van der Waals surface area contributed by atoms with Crippen LogP contribution in [0.2, 0.25) is 0 Å². The summed E-state index contributed by atoms with van der Waals surface area (Å²) in [6.07, 6.45) is 4.71. The largest absolute Gasteiger partial charge is 0.497 e. The lowest BCUT2D eigenvalue weighted by Gasteiger charge is -2.02. The number of ketones is 1. The fraction of sp³-hybridized carbons (Fsp3) is 0.214. The molecule has 1 aromatic heterocycles. The van der Waals surface area contributed by atoms with E-state index in [4.69, 9.17) is 9.15 Å². The highest BCUT2D eigenvalue weighted by Crippen LogP contribution is 2.26. The van der Waals surface area contributed by atoms with E-state index < -0.39 is 0 Å². The van der Waals surface area contributed by atoms with Gasteiger partial charge in [0.25, 0.3) is 0 Å². The summed E-state index contributed by atoms with van der Waals surface area (Å²) in [5.74, 6) is 0.616. The quantitative estimate of drug-likeness (QED) is 0.613. The topological polar surface area (TPSA) is 42.7 Å². The van der Waals surface area contributed by atoms with Crippen LogP contribution in [0, 0.1) is 0 Å². The van der Waals surface area contributed by atoms with E-state index in [0.29, 0.717) is 16.9 Å². The van der Waals surface area contributed by atoms with Crippen LogP contribution in [0.25, 0.3) is 11.0 Å². The number of allylic oxidation sites excluding steroid dienone is 1. The molecule has 1 heterocycles. The maximum absolute atomic E-state index is 12.0. The lowest BCUT2D eigenvalue weighted by atomic mass is 10.1. The first-order valence-electron chi connectivity index (χ1n) is 5.56. The van der Waals surface area contributed by atoms with Crippen LogP contribution in [0.1, 0.15) is 10.4 Å². The number of carbonyl (C=O) groups is 1. The zero-order chi connectivity index (χ0) is 13.1. The molecule has 0 fully saturated rings. The van der Waals surface area contributed by atoms with Gasteiger partial charge >= 0.3 is 0 Å². The van der Waals surface area contributed by atoms with Crippen LogP contribution in [0.5, 0.6) is 5.75 Å². The first-order valence-corrected chi connectivity index (χ1v) is 5.56. The van der Waals surface area contributed by atoms with E-state index in [0.717, 1.165) is 5.39 Å². The predicted molar refractivity (Wildman–Crippen MR) is 69.9 cm³/mol. The Kier molecular flexibility index (Phi) is 3.37. The SMILES string of the molecule is COc1ccc2occ(C(=O)C=CN(C)C)c2c1. The molecule has 4 nitrogen and oxygen atoms in total. The van der Waals surface area contributed by atoms with E-state index in [1.165, 1.54) is 12.3 Å². The van der Waals surface area contributed by atoms with Crippen molar-refractivity contribution in [2.45, 2.75) is 0 Å². The molecule has 4 heteroatoms. The Hall–Kier alpha value is -2.23. The molecule has 0 aliphatic heterocycles. The van der Waals surface area contributed by atoms with Gasteiger partial charge in [0.15, 0.2) is 5.78 Å². The molecule has 0 saturated heterocycles. The Bertz CT molecular complexity index is 596. The van der Waals surface area contributed by atoms with E-state index >= 15 is 0 Å². The lowest BCUT2D eigenvalue weighted by Crippen LogP contribution is -2.02. The maximum Gasteiger partial charge on any atom is 0.191 e. The van der Waals surface area contributed by atoms with E-state index in [9.17, 15) is 4.79 Å². The number of carbonyl (C=O) groups excluding carboxylic acids is 1. The Morgan fingerprint density at radius 2 is 2.17 bits per heavy atom. The molecule has 0 saturated carbocycles. The van der Waals surface area contributed by atoms with Gasteiger partial charge in [0.2, 0.25) is 0 Å². The second kappa shape index (κ2) is 4.96. The number of fused-ring (bicyclic) bond motifs is 1. The number of nitrogens with zero attached hydrogens (tertiary/aromatic N) is 1. The molecule has 94 valence electrons. The van der Waals surface area contributed by atoms with Crippen LogP contribution < -0.4 is 4.74 Å². The van der Waals surface area contributed by atoms with Crippen molar-refractivity contribution in [1.29, 1.82) is 0 Å². The Morgan fingerprint density at radius 3 is 2.83 bits per heavy atom. The molecule has 0 amide bonds. The van der Waals surface area contributed by atoms with Gasteiger partial charge in [0, 0.05) is 31.8 Å². The van der Waals surface area contributed by atoms with Gasteiger partial charge in [-0.05, 0) is 18.2 Å². The van der Waals surface area contributed by atoms with Gasteiger partial charge in [-0.25, -0.2) is 0 Å². The van der Waals surface area contributed by atoms with E-state index in [2.05, 4.69) is 0 Å². The molecule has 0 unspecified atom stereocenters. The van der Waals surface area contributed by atoms with Crippen molar-refractivity contribution in [3.8, 4) is 5.75 Å². The van der Waals surface area contributed by atoms with Gasteiger partial charge in [-0.1, -0.05) is 0 Å². The summed E-state index contributed by atoms with van der Waals surface area (Å²) in [5.41, 5.74) is 1.22. The molecule has 0 aliphatic rings. The summed E-state index contributed by atoms with van der Waals surface area (Å²) in [6.45, 7) is 0. The minimum absolute atomic E-state index is 0.0873. The summed E-state index contributed by atoms with van der Waals surface area (Å²) in [7, 11) is 5.31. The molecule has 2 rings (SSSR count). The summed E-state index contributed by atoms with van der Waals surface area (Å²) >= 11 is 0. The number of rotatable bonds is 4. The van der Waals surface area contributed by atoms with Crippen LogP contribution in [-0.4, -0.2) is 31.9 Å². The highest BCUT2D eigenvalue weighted by molar-refractivity contribution is 6.12. The van der Waals surface area contributed by atoms with Gasteiger partial charge < -0.3 is 14.1 Å². The van der Waals surface area contributed by atoms with Gasteiger partial charge in [-0.15, -0.1) is 0 Å². The average molecular weight is 245 g/mol. The van der Waals surface area contributed by atoms with Crippen LogP contribution in [0.15, 0.2) is 41.2 Å². The highest BCUT2D eigenvalue weighted by atomic mass is 16.5. The second-order valence-corrected chi connectivity index (χ2v) is 4.16. The molecule has 0 spiro atoms. The number of hydrogen-bond donors (Lipinski definition) is 0. The van der Waals surface area contributed by atoms with Crippen molar-refractivity contribution in [3.05, 3.63) is 42.3 Å². The number of benzene rings is 1. The van der Waals surface area contributed by atoms with E-state index in [-0.39, 0.29) is 5.78 Å². The van der Waals surface area contributed by atoms with Gasteiger partial charge in [-0.2, -0.15) is 0 Å². The summed E-state index contributed by atoms with van der Waals surface area (Å²) in [6, 6.07) is 5.39. The molecule has 18 heavy (non-hydrogen) atoms. The third kappa shape index (κ3) is 2.37. The van der Waals surface area contributed by atoms with Crippen LogP contribution in [0.4, 0.5) is 0 Å². The average Bonchev–Trinajstić information content (AvgIpc) is 2.78. The Balaban J connectivity index is 2.41. The molecular formula is C14H15NO3. The molecule has 0 bridgehead atoms. The third-order valence-corrected chi connectivity index (χ3v) is 2.57. The van der Waals surface area contributed by atoms with Crippen LogP contribution >= 0.6 is 0 Å². The summed E-state index contributed by atoms with van der Waals surface area (Å²) < 4.78 is 10.5. The van der Waals surface area contributed by atoms with Gasteiger partial charge in [0.05, 0.1) is 12.7 Å². The molecular weight excluding hydrogens is 230 g/mol. The fourth-order valence-corrected chi connectivity index (χ4v) is 1.63. The van der Waals surface area contributed by atoms with Crippen molar-refractivity contribution in [2.24, 2.45) is 0 Å². The lowest BCUT2D eigenvalue weighted by molar-refractivity contribution is 0.104. The zero-order valence-corrected chi connectivity index (χ0v) is 10.6. The number of hydrogen-bond acceptors (Lipinski definition) is 4. The Labute approximate surface area is 105 Å². The summed E-state index contributed by atoms with van der Waals surface area (Å²) in [5, 5.41) is 0.766. The first-order chi connectivity index (χ1) is 8.61. The van der Waals surface area contributed by atoms with Gasteiger partial charge in [-0.3, -0.25) is 4.79 Å². The maximum atomic E-state index is 12.0. The summed E-state index contributed by atoms with van der Waals surface area (Å²) in [4.78, 5) is 13.8. The van der Waals surface area contributed by atoms with Crippen molar-refractivity contribution in [1.82, 2.24) is 4.90 Å². The highest BCUT2D eigenvalue weighted by Gasteiger charge is 2.12. The number of methoxy groups -OCH3 is 1. The minimum atomic E-state index is -0.0873. The number of ether oxygens (including phenoxy) is 1. The third-order valence-electron chi connectivity index (χ3n) is 2.57. The number of furan rings is 1. The first kappa shape index (κ1) is 12.2. The molecule has 1 aromatic carbocycles. The fourth-order valence-electron chi connectivity index (χ4n) is 1.63. The molecule has 0 radical (unpaired) electrons. The van der Waals surface area contributed by atoms with Crippen molar-refractivity contribution < 1.29 is 13.9 Å². The van der Waals surface area contributed by atoms with E-state index in [1.54, 1.807) is 36.4 Å². The van der Waals surface area contributed by atoms with Gasteiger partial charge in [0.1, 0.15) is 17.6 Å². The normalized spacial score (nSPS) is 11.1. The monoisotopic (exact) mass is 245 g/mol.